The van der Waals surface area contributed by atoms with E-state index >= 15 is 0 Å². The van der Waals surface area contributed by atoms with E-state index in [1.165, 1.54) is 0 Å². The number of hydrogen-bond donors (Lipinski definition) is 1. The Kier molecular flexibility index (Phi) is 3.66. The molecule has 0 aliphatic heterocycles. The summed E-state index contributed by atoms with van der Waals surface area (Å²) < 4.78 is 5.33. The van der Waals surface area contributed by atoms with Crippen LogP contribution in [0.25, 0.3) is 11.1 Å². The molecule has 82 valence electrons. The second-order valence-corrected chi connectivity index (χ2v) is 4.01. The maximum Gasteiger partial charge on any atom is 0.168 e. The first kappa shape index (κ1) is 11.3. The number of para-hydroxylation sites is 2. The number of benzene rings is 2. The Bertz CT molecular complexity index is 488. The van der Waals surface area contributed by atoms with E-state index in [0.29, 0.717) is 5.75 Å². The number of phenols is 1. The van der Waals surface area contributed by atoms with Gasteiger partial charge in [-0.05, 0) is 12.1 Å². The average molecular weight is 253 g/mol. The van der Waals surface area contributed by atoms with Crippen LogP contribution in [-0.4, -0.2) is 5.11 Å². The Labute approximate surface area is 100 Å². The monoisotopic (exact) mass is 252 g/mol. The molecule has 2 rings (SSSR count). The van der Waals surface area contributed by atoms with Gasteiger partial charge in [-0.3, -0.25) is 0 Å². The molecule has 0 spiro atoms. The normalized spacial score (nSPS) is 10.8. The summed E-state index contributed by atoms with van der Waals surface area (Å²) in [5.41, 5.74) is 1.58. The summed E-state index contributed by atoms with van der Waals surface area (Å²) >= 11 is 5.58. The third-order valence-electron chi connectivity index (χ3n) is 2.23. The predicted octanol–water partition coefficient (Wildman–Crippen LogP) is 4.19. The molecule has 2 aromatic rings. The van der Waals surface area contributed by atoms with E-state index in [0.717, 1.165) is 11.1 Å². The molecule has 1 N–H and O–H groups in total. The van der Waals surface area contributed by atoms with Gasteiger partial charge in [0.25, 0.3) is 0 Å². The van der Waals surface area contributed by atoms with Crippen molar-refractivity contribution in [3.8, 4) is 22.6 Å². The van der Waals surface area contributed by atoms with Crippen molar-refractivity contribution in [1.29, 1.82) is 0 Å². The molecule has 0 bridgehead atoms. The fourth-order valence-corrected chi connectivity index (χ4v) is 2.03. The molecule has 4 heteroatoms. The van der Waals surface area contributed by atoms with E-state index in [9.17, 15) is 5.11 Å². The van der Waals surface area contributed by atoms with E-state index in [-0.39, 0.29) is 13.9 Å². The summed E-state index contributed by atoms with van der Waals surface area (Å²) in [6.07, 6.45) is 0. The summed E-state index contributed by atoms with van der Waals surface area (Å²) in [4.78, 5) is 0. The smallest absolute Gasteiger partial charge is 0.168 e. The van der Waals surface area contributed by atoms with E-state index < -0.39 is 0 Å². The van der Waals surface area contributed by atoms with Gasteiger partial charge in [-0.25, -0.2) is 0 Å². The van der Waals surface area contributed by atoms with Crippen LogP contribution in [0.3, 0.4) is 0 Å². The van der Waals surface area contributed by atoms with Crippen molar-refractivity contribution in [1.82, 2.24) is 0 Å². The molecule has 1 unspecified atom stereocenters. The molecule has 16 heavy (non-hydrogen) atoms. The lowest BCUT2D eigenvalue weighted by atomic mass is 10.0. The zero-order chi connectivity index (χ0) is 11.4. The number of phenolic OH excluding ortho intramolecular Hbond substituents is 1. The van der Waals surface area contributed by atoms with Crippen LogP contribution < -0.4 is 4.52 Å². The topological polar surface area (TPSA) is 29.5 Å². The number of rotatable bonds is 3. The molecular formula is C12H10ClO2P. The second kappa shape index (κ2) is 5.20. The van der Waals surface area contributed by atoms with Gasteiger partial charge in [0, 0.05) is 11.1 Å². The Morgan fingerprint density at radius 3 is 2.25 bits per heavy atom. The van der Waals surface area contributed by atoms with Gasteiger partial charge in [0.2, 0.25) is 0 Å². The summed E-state index contributed by atoms with van der Waals surface area (Å²) in [5, 5.41) is 9.77. The highest BCUT2D eigenvalue weighted by molar-refractivity contribution is 7.64. The van der Waals surface area contributed by atoms with Gasteiger partial charge in [0.05, 0.1) is 0 Å². The molecule has 0 heterocycles. The molecule has 0 amide bonds. The van der Waals surface area contributed by atoms with Gasteiger partial charge in [-0.15, -0.1) is 0 Å². The SMILES string of the molecule is Oc1ccccc1-c1ccccc1OPCl. The first-order chi connectivity index (χ1) is 7.83. The van der Waals surface area contributed by atoms with Gasteiger partial charge in [0.1, 0.15) is 11.5 Å². The lowest BCUT2D eigenvalue weighted by molar-refractivity contribution is 0.477. The molecule has 0 radical (unpaired) electrons. The fraction of sp³-hybridized carbons (Fsp3) is 0. The predicted molar refractivity (Wildman–Crippen MR) is 68.3 cm³/mol. The lowest BCUT2D eigenvalue weighted by Gasteiger charge is -2.09. The van der Waals surface area contributed by atoms with E-state index in [1.54, 1.807) is 12.1 Å². The second-order valence-electron chi connectivity index (χ2n) is 3.19. The maximum absolute atomic E-state index is 9.77. The van der Waals surface area contributed by atoms with E-state index in [2.05, 4.69) is 0 Å². The van der Waals surface area contributed by atoms with Crippen LogP contribution in [0.5, 0.6) is 11.5 Å². The quantitative estimate of drug-likeness (QED) is 0.830. The van der Waals surface area contributed by atoms with Crippen molar-refractivity contribution >= 4 is 19.4 Å². The zero-order valence-electron chi connectivity index (χ0n) is 8.35. The van der Waals surface area contributed by atoms with Crippen LogP contribution in [0, 0.1) is 0 Å². The minimum absolute atomic E-state index is 0.136. The maximum atomic E-state index is 9.77. The number of halogens is 1. The van der Waals surface area contributed by atoms with Gasteiger partial charge in [-0.2, -0.15) is 0 Å². The highest BCUT2D eigenvalue weighted by Crippen LogP contribution is 2.38. The van der Waals surface area contributed by atoms with Gasteiger partial charge in [0.15, 0.2) is 8.16 Å². The highest BCUT2D eigenvalue weighted by Gasteiger charge is 2.08. The van der Waals surface area contributed by atoms with Gasteiger partial charge < -0.3 is 9.63 Å². The third kappa shape index (κ3) is 2.29. The van der Waals surface area contributed by atoms with E-state index in [4.69, 9.17) is 15.8 Å². The van der Waals surface area contributed by atoms with Crippen molar-refractivity contribution in [3.63, 3.8) is 0 Å². The standard InChI is InChI=1S/C12H10ClO2P/c13-16-15-12-8-4-2-6-10(12)9-5-1-3-7-11(9)14/h1-8,14,16H. The molecule has 0 fully saturated rings. The van der Waals surface area contributed by atoms with Gasteiger partial charge in [-0.1, -0.05) is 47.6 Å². The molecule has 0 aliphatic carbocycles. The molecule has 2 aromatic carbocycles. The molecule has 0 aromatic heterocycles. The highest BCUT2D eigenvalue weighted by atomic mass is 35.7. The Morgan fingerprint density at radius 1 is 0.938 bits per heavy atom. The largest absolute Gasteiger partial charge is 0.507 e. The van der Waals surface area contributed by atoms with Crippen LogP contribution in [-0.2, 0) is 0 Å². The first-order valence-electron chi connectivity index (χ1n) is 4.73. The molecule has 0 aliphatic rings. The minimum atomic E-state index is -0.136. The van der Waals surface area contributed by atoms with Crippen molar-refractivity contribution in [3.05, 3.63) is 48.5 Å². The molecule has 1 atom stereocenters. The van der Waals surface area contributed by atoms with Crippen LogP contribution >= 0.6 is 19.4 Å². The lowest BCUT2D eigenvalue weighted by Crippen LogP contribution is -1.83. The average Bonchev–Trinajstić information content (AvgIpc) is 2.31. The van der Waals surface area contributed by atoms with Crippen molar-refractivity contribution in [2.45, 2.75) is 0 Å². The third-order valence-corrected chi connectivity index (χ3v) is 2.76. The summed E-state index contributed by atoms with van der Waals surface area (Å²) in [5.74, 6) is 0.911. The minimum Gasteiger partial charge on any atom is -0.507 e. The van der Waals surface area contributed by atoms with Crippen LogP contribution in [0.2, 0.25) is 0 Å². The zero-order valence-corrected chi connectivity index (χ0v) is 10.1. The number of aromatic hydroxyl groups is 1. The fourth-order valence-electron chi connectivity index (χ4n) is 1.52. The van der Waals surface area contributed by atoms with Crippen LogP contribution in [0.15, 0.2) is 48.5 Å². The van der Waals surface area contributed by atoms with E-state index in [1.807, 2.05) is 36.4 Å². The summed E-state index contributed by atoms with van der Waals surface area (Å²) in [6, 6.07) is 14.6. The Morgan fingerprint density at radius 2 is 1.56 bits per heavy atom. The van der Waals surface area contributed by atoms with Crippen LogP contribution in [0.1, 0.15) is 0 Å². The van der Waals surface area contributed by atoms with Gasteiger partial charge >= 0.3 is 0 Å². The summed E-state index contributed by atoms with van der Waals surface area (Å²) in [7, 11) is -0.136. The summed E-state index contributed by atoms with van der Waals surface area (Å²) in [6.45, 7) is 0. The molecule has 0 saturated heterocycles. The van der Waals surface area contributed by atoms with Crippen molar-refractivity contribution < 1.29 is 9.63 Å². The first-order valence-corrected chi connectivity index (χ1v) is 6.65. The Hall–Kier alpha value is -1.24. The van der Waals surface area contributed by atoms with Crippen molar-refractivity contribution in [2.75, 3.05) is 0 Å². The van der Waals surface area contributed by atoms with Crippen molar-refractivity contribution in [2.24, 2.45) is 0 Å². The molecule has 0 saturated carbocycles. The Balaban J connectivity index is 2.51. The van der Waals surface area contributed by atoms with Crippen LogP contribution in [0.4, 0.5) is 0 Å². The molecule has 2 nitrogen and oxygen atoms in total. The number of hydrogen-bond acceptors (Lipinski definition) is 2. The molecular weight excluding hydrogens is 243 g/mol.